The number of ether oxygens (including phenoxy) is 1. The number of hydrogen-bond acceptors (Lipinski definition) is 4. The molecule has 0 fully saturated rings. The first kappa shape index (κ1) is 12.1. The molecule has 0 saturated heterocycles. The van der Waals surface area contributed by atoms with Crippen LogP contribution in [0.25, 0.3) is 5.69 Å². The van der Waals surface area contributed by atoms with Crippen LogP contribution in [0.3, 0.4) is 0 Å². The molecule has 0 aliphatic rings. The van der Waals surface area contributed by atoms with Gasteiger partial charge in [0.15, 0.2) is 6.61 Å². The number of benzene rings is 1. The van der Waals surface area contributed by atoms with Crippen LogP contribution in [0.1, 0.15) is 12.7 Å². The van der Waals surface area contributed by atoms with Gasteiger partial charge in [-0.1, -0.05) is 13.0 Å². The Morgan fingerprint density at radius 3 is 3.06 bits per heavy atom. The van der Waals surface area contributed by atoms with Gasteiger partial charge in [-0.05, 0) is 12.1 Å². The fourth-order valence-electron chi connectivity index (χ4n) is 1.58. The molecule has 0 bridgehead atoms. The van der Waals surface area contributed by atoms with E-state index in [2.05, 4.69) is 10.2 Å². The minimum Gasteiger partial charge on any atom is -0.482 e. The summed E-state index contributed by atoms with van der Waals surface area (Å²) in [5, 5.41) is 16.4. The Kier molecular flexibility index (Phi) is 3.57. The second kappa shape index (κ2) is 5.31. The highest BCUT2D eigenvalue weighted by molar-refractivity contribution is 5.68. The van der Waals surface area contributed by atoms with Crippen LogP contribution in [0.2, 0.25) is 0 Å². The van der Waals surface area contributed by atoms with Crippen LogP contribution < -0.4 is 4.74 Å². The highest BCUT2D eigenvalue weighted by Gasteiger charge is 2.06. The quantitative estimate of drug-likeness (QED) is 0.861. The number of aliphatic carboxylic acids is 1. The Hall–Kier alpha value is -2.37. The van der Waals surface area contributed by atoms with Crippen molar-refractivity contribution in [1.29, 1.82) is 0 Å². The molecule has 94 valence electrons. The molecule has 18 heavy (non-hydrogen) atoms. The largest absolute Gasteiger partial charge is 0.482 e. The highest BCUT2D eigenvalue weighted by Crippen LogP contribution is 2.17. The van der Waals surface area contributed by atoms with Gasteiger partial charge in [0, 0.05) is 12.5 Å². The van der Waals surface area contributed by atoms with Gasteiger partial charge in [0.2, 0.25) is 0 Å². The summed E-state index contributed by atoms with van der Waals surface area (Å²) >= 11 is 0. The first-order valence-electron chi connectivity index (χ1n) is 5.54. The summed E-state index contributed by atoms with van der Waals surface area (Å²) in [7, 11) is 0. The predicted molar refractivity (Wildman–Crippen MR) is 63.9 cm³/mol. The van der Waals surface area contributed by atoms with Crippen LogP contribution in [0.4, 0.5) is 0 Å². The molecule has 0 atom stereocenters. The van der Waals surface area contributed by atoms with E-state index >= 15 is 0 Å². The van der Waals surface area contributed by atoms with Crippen LogP contribution in [0.15, 0.2) is 30.6 Å². The second-order valence-corrected chi connectivity index (χ2v) is 3.65. The maximum Gasteiger partial charge on any atom is 0.341 e. The Balaban J connectivity index is 2.24. The zero-order valence-electron chi connectivity index (χ0n) is 9.91. The standard InChI is InChI=1S/C12H13N3O3/c1-2-11-14-13-8-15(11)9-4-3-5-10(6-9)18-7-12(16)17/h3-6,8H,2,7H2,1H3,(H,16,17). The van der Waals surface area contributed by atoms with Gasteiger partial charge >= 0.3 is 5.97 Å². The lowest BCUT2D eigenvalue weighted by atomic mass is 10.3. The summed E-state index contributed by atoms with van der Waals surface area (Å²) in [6.07, 6.45) is 2.38. The number of carboxylic acids is 1. The number of carbonyl (C=O) groups is 1. The van der Waals surface area contributed by atoms with E-state index in [9.17, 15) is 4.79 Å². The Labute approximate surface area is 104 Å². The molecule has 0 unspecified atom stereocenters. The molecule has 1 heterocycles. The molecule has 0 radical (unpaired) electrons. The SMILES string of the molecule is CCc1nncn1-c1cccc(OCC(=O)O)c1. The van der Waals surface area contributed by atoms with Gasteiger partial charge in [0.05, 0.1) is 5.69 Å². The van der Waals surface area contributed by atoms with Gasteiger partial charge in [-0.2, -0.15) is 0 Å². The third-order valence-corrected chi connectivity index (χ3v) is 2.39. The van der Waals surface area contributed by atoms with Gasteiger partial charge in [0.1, 0.15) is 17.9 Å². The second-order valence-electron chi connectivity index (χ2n) is 3.65. The molecule has 1 aromatic heterocycles. The maximum atomic E-state index is 10.4. The Morgan fingerprint density at radius 1 is 1.50 bits per heavy atom. The van der Waals surface area contributed by atoms with E-state index in [0.29, 0.717) is 5.75 Å². The molecular formula is C12H13N3O3. The lowest BCUT2D eigenvalue weighted by molar-refractivity contribution is -0.139. The summed E-state index contributed by atoms with van der Waals surface area (Å²) < 4.78 is 6.97. The minimum atomic E-state index is -1.00. The number of aryl methyl sites for hydroxylation is 1. The van der Waals surface area contributed by atoms with Crippen molar-refractivity contribution in [1.82, 2.24) is 14.8 Å². The van der Waals surface area contributed by atoms with Crippen molar-refractivity contribution in [3.05, 3.63) is 36.4 Å². The third kappa shape index (κ3) is 2.65. The fraction of sp³-hybridized carbons (Fsp3) is 0.250. The van der Waals surface area contributed by atoms with Crippen molar-refractivity contribution in [2.45, 2.75) is 13.3 Å². The van der Waals surface area contributed by atoms with Gasteiger partial charge in [-0.3, -0.25) is 4.57 Å². The zero-order valence-corrected chi connectivity index (χ0v) is 9.91. The number of nitrogens with zero attached hydrogens (tertiary/aromatic N) is 3. The molecule has 6 heteroatoms. The van der Waals surface area contributed by atoms with E-state index in [0.717, 1.165) is 17.9 Å². The minimum absolute atomic E-state index is 0.355. The average Bonchev–Trinajstić information content (AvgIpc) is 2.85. The molecule has 0 aliphatic heterocycles. The molecule has 6 nitrogen and oxygen atoms in total. The number of hydrogen-bond donors (Lipinski definition) is 1. The third-order valence-electron chi connectivity index (χ3n) is 2.39. The molecular weight excluding hydrogens is 234 g/mol. The monoisotopic (exact) mass is 247 g/mol. The molecule has 2 rings (SSSR count). The van der Waals surface area contributed by atoms with Crippen molar-refractivity contribution in [3.8, 4) is 11.4 Å². The summed E-state index contributed by atoms with van der Waals surface area (Å²) in [4.78, 5) is 10.4. The molecule has 2 aromatic rings. The topological polar surface area (TPSA) is 77.2 Å². The van der Waals surface area contributed by atoms with Gasteiger partial charge in [0.25, 0.3) is 0 Å². The van der Waals surface area contributed by atoms with E-state index in [1.807, 2.05) is 17.6 Å². The van der Waals surface area contributed by atoms with E-state index in [4.69, 9.17) is 9.84 Å². The van der Waals surface area contributed by atoms with Gasteiger partial charge < -0.3 is 9.84 Å². The van der Waals surface area contributed by atoms with Crippen molar-refractivity contribution in [2.75, 3.05) is 6.61 Å². The summed E-state index contributed by atoms with van der Waals surface area (Å²) in [5.74, 6) is 0.343. The first-order valence-corrected chi connectivity index (χ1v) is 5.54. The van der Waals surface area contributed by atoms with Crippen molar-refractivity contribution < 1.29 is 14.6 Å². The number of aromatic nitrogens is 3. The molecule has 1 aromatic carbocycles. The van der Waals surface area contributed by atoms with E-state index < -0.39 is 5.97 Å². The predicted octanol–water partition coefficient (Wildman–Crippen LogP) is 1.29. The van der Waals surface area contributed by atoms with E-state index in [1.165, 1.54) is 0 Å². The van der Waals surface area contributed by atoms with E-state index in [-0.39, 0.29) is 6.61 Å². The number of carboxylic acid groups (broad SMARTS) is 1. The lowest BCUT2D eigenvalue weighted by Gasteiger charge is -2.08. The summed E-state index contributed by atoms with van der Waals surface area (Å²) in [5.41, 5.74) is 0.847. The van der Waals surface area contributed by atoms with Gasteiger partial charge in [-0.15, -0.1) is 10.2 Å². The Morgan fingerprint density at radius 2 is 2.33 bits per heavy atom. The van der Waals surface area contributed by atoms with Crippen LogP contribution in [0.5, 0.6) is 5.75 Å². The Bertz CT molecular complexity index is 551. The summed E-state index contributed by atoms with van der Waals surface area (Å²) in [6, 6.07) is 7.15. The fourth-order valence-corrected chi connectivity index (χ4v) is 1.58. The normalized spacial score (nSPS) is 10.3. The number of rotatable bonds is 5. The zero-order chi connectivity index (χ0) is 13.0. The maximum absolute atomic E-state index is 10.4. The average molecular weight is 247 g/mol. The smallest absolute Gasteiger partial charge is 0.341 e. The highest BCUT2D eigenvalue weighted by atomic mass is 16.5. The van der Waals surface area contributed by atoms with E-state index in [1.54, 1.807) is 24.5 Å². The van der Waals surface area contributed by atoms with Crippen LogP contribution in [-0.2, 0) is 11.2 Å². The lowest BCUT2D eigenvalue weighted by Crippen LogP contribution is -2.09. The van der Waals surface area contributed by atoms with Crippen LogP contribution in [-0.4, -0.2) is 32.4 Å². The van der Waals surface area contributed by atoms with Crippen LogP contribution >= 0.6 is 0 Å². The van der Waals surface area contributed by atoms with Crippen molar-refractivity contribution in [2.24, 2.45) is 0 Å². The first-order chi connectivity index (χ1) is 8.70. The molecule has 0 amide bonds. The molecule has 0 saturated carbocycles. The molecule has 0 spiro atoms. The summed E-state index contributed by atoms with van der Waals surface area (Å²) in [6.45, 7) is 1.64. The van der Waals surface area contributed by atoms with Gasteiger partial charge in [-0.25, -0.2) is 4.79 Å². The van der Waals surface area contributed by atoms with Crippen molar-refractivity contribution >= 4 is 5.97 Å². The van der Waals surface area contributed by atoms with Crippen LogP contribution in [0, 0.1) is 0 Å². The molecule has 1 N–H and O–H groups in total. The molecule has 0 aliphatic carbocycles. The van der Waals surface area contributed by atoms with Crippen molar-refractivity contribution in [3.63, 3.8) is 0 Å².